The summed E-state index contributed by atoms with van der Waals surface area (Å²) >= 11 is 0. The van der Waals surface area contributed by atoms with Gasteiger partial charge in [-0.15, -0.1) is 0 Å². The highest BCUT2D eigenvalue weighted by molar-refractivity contribution is 6.38. The second-order valence-electron chi connectivity index (χ2n) is 3.05. The Labute approximate surface area is 83.9 Å². The molecule has 0 saturated heterocycles. The quantitative estimate of drug-likeness (QED) is 0.355. The molecule has 2 radical (unpaired) electrons. The molecule has 2 aromatic carbocycles. The predicted molar refractivity (Wildman–Crippen MR) is 49.2 cm³/mol. The van der Waals surface area contributed by atoms with Crippen molar-refractivity contribution in [2.45, 2.75) is 0 Å². The first kappa shape index (κ1) is 10.0. The molecule has 0 N–H and O–H groups in total. The third-order valence-electron chi connectivity index (χ3n) is 2.12. The lowest BCUT2D eigenvalue weighted by Gasteiger charge is -2.06. The van der Waals surface area contributed by atoms with Gasteiger partial charge in [0.05, 0.1) is 5.39 Å². The van der Waals surface area contributed by atoms with E-state index in [-0.39, 0.29) is 10.8 Å². The molecule has 0 atom stereocenters. The predicted octanol–water partition coefficient (Wildman–Crippen LogP) is 2.19. The van der Waals surface area contributed by atoms with E-state index in [4.69, 9.17) is 7.85 Å². The Hall–Kier alpha value is -1.52. The molecule has 0 bridgehead atoms. The summed E-state index contributed by atoms with van der Waals surface area (Å²) < 4.78 is 52.0. The Kier molecular flexibility index (Phi) is 2.18. The summed E-state index contributed by atoms with van der Waals surface area (Å²) in [5.74, 6) is -5.63. The summed E-state index contributed by atoms with van der Waals surface area (Å²) in [6.07, 6.45) is 0. The number of halogens is 4. The third-order valence-corrected chi connectivity index (χ3v) is 2.12. The van der Waals surface area contributed by atoms with Crippen LogP contribution in [-0.2, 0) is 0 Å². The molecule has 0 aromatic heterocycles. The number of benzene rings is 2. The van der Waals surface area contributed by atoms with Crippen LogP contribution in [0.5, 0.6) is 0 Å². The van der Waals surface area contributed by atoms with Gasteiger partial charge in [0.1, 0.15) is 13.7 Å². The van der Waals surface area contributed by atoms with Crippen LogP contribution in [0.15, 0.2) is 18.2 Å². The van der Waals surface area contributed by atoms with Gasteiger partial charge < -0.3 is 0 Å². The Morgan fingerprint density at radius 3 is 2.20 bits per heavy atom. The largest absolute Gasteiger partial charge is 0.206 e. The highest BCUT2D eigenvalue weighted by Gasteiger charge is 2.17. The van der Waals surface area contributed by atoms with Crippen molar-refractivity contribution in [2.24, 2.45) is 0 Å². The van der Waals surface area contributed by atoms with Gasteiger partial charge in [-0.05, 0) is 17.5 Å². The van der Waals surface area contributed by atoms with E-state index < -0.39 is 28.7 Å². The molecule has 0 aliphatic heterocycles. The lowest BCUT2D eigenvalue weighted by molar-refractivity contribution is 0.451. The van der Waals surface area contributed by atoms with Crippen molar-refractivity contribution in [3.05, 3.63) is 41.5 Å². The Balaban J connectivity index is 3.04. The first-order valence-electron chi connectivity index (χ1n) is 4.03. The van der Waals surface area contributed by atoms with Crippen LogP contribution >= 0.6 is 0 Å². The molecule has 5 heteroatoms. The zero-order chi connectivity index (χ0) is 11.2. The molecule has 0 fully saturated rings. The number of hydrogen-bond donors (Lipinski definition) is 0. The fraction of sp³-hybridized carbons (Fsp3) is 0. The molecule has 15 heavy (non-hydrogen) atoms. The van der Waals surface area contributed by atoms with Crippen LogP contribution in [0.1, 0.15) is 0 Å². The Morgan fingerprint density at radius 2 is 1.53 bits per heavy atom. The van der Waals surface area contributed by atoms with Crippen LogP contribution in [0.4, 0.5) is 17.6 Å². The van der Waals surface area contributed by atoms with Crippen molar-refractivity contribution >= 4 is 24.1 Å². The van der Waals surface area contributed by atoms with Crippen molar-refractivity contribution in [1.82, 2.24) is 0 Å². The molecule has 0 aliphatic rings. The minimum atomic E-state index is -1.70. The van der Waals surface area contributed by atoms with Crippen molar-refractivity contribution in [3.63, 3.8) is 0 Å². The van der Waals surface area contributed by atoms with Gasteiger partial charge in [-0.2, -0.15) is 0 Å². The fourth-order valence-electron chi connectivity index (χ4n) is 1.39. The molecule has 0 aliphatic carbocycles. The lowest BCUT2D eigenvalue weighted by Crippen LogP contribution is -2.07. The number of hydrogen-bond acceptors (Lipinski definition) is 0. The minimum absolute atomic E-state index is 0.01000. The van der Waals surface area contributed by atoms with Crippen LogP contribution in [-0.4, -0.2) is 7.85 Å². The number of rotatable bonds is 0. The summed E-state index contributed by atoms with van der Waals surface area (Å²) in [5, 5.41) is -0.805. The molecule has 0 heterocycles. The van der Waals surface area contributed by atoms with Gasteiger partial charge in [-0.25, -0.2) is 17.6 Å². The smallest absolute Gasteiger partial charge is 0.195 e. The summed E-state index contributed by atoms with van der Waals surface area (Å²) in [6, 6.07) is 2.73. The number of fused-ring (bicyclic) bond motifs is 1. The second kappa shape index (κ2) is 3.26. The molecule has 0 saturated carbocycles. The molecule has 74 valence electrons. The van der Waals surface area contributed by atoms with Gasteiger partial charge in [0.25, 0.3) is 0 Å². The van der Waals surface area contributed by atoms with Gasteiger partial charge in [-0.1, -0.05) is 11.5 Å². The standard InChI is InChI=1S/C10H3BF4/c11-5-1-2-6(12)8-4(5)3-7(13)9(14)10(8)15/h1-3H. The van der Waals surface area contributed by atoms with Gasteiger partial charge in [-0.3, -0.25) is 0 Å². The third kappa shape index (κ3) is 1.38. The van der Waals surface area contributed by atoms with Crippen molar-refractivity contribution < 1.29 is 17.6 Å². The van der Waals surface area contributed by atoms with E-state index in [9.17, 15) is 17.6 Å². The van der Waals surface area contributed by atoms with Crippen molar-refractivity contribution in [2.75, 3.05) is 0 Å². The Morgan fingerprint density at radius 1 is 0.867 bits per heavy atom. The average Bonchev–Trinajstić information content (AvgIpc) is 2.20. The molecule has 0 amide bonds. The molecular formula is C10H3BF4. The second-order valence-corrected chi connectivity index (χ2v) is 3.05. The fourth-order valence-corrected chi connectivity index (χ4v) is 1.39. The van der Waals surface area contributed by atoms with Crippen LogP contribution < -0.4 is 5.46 Å². The van der Waals surface area contributed by atoms with Gasteiger partial charge in [0.2, 0.25) is 0 Å². The molecule has 0 unspecified atom stereocenters. The van der Waals surface area contributed by atoms with Crippen LogP contribution in [0.3, 0.4) is 0 Å². The van der Waals surface area contributed by atoms with Crippen LogP contribution in [0, 0.1) is 23.3 Å². The zero-order valence-corrected chi connectivity index (χ0v) is 7.32. The average molecular weight is 210 g/mol. The van der Waals surface area contributed by atoms with E-state index in [1.165, 1.54) is 0 Å². The normalized spacial score (nSPS) is 10.9. The maximum atomic E-state index is 13.2. The topological polar surface area (TPSA) is 0 Å². The SMILES string of the molecule is [B]c1ccc(F)c2c(F)c(F)c(F)cc12. The van der Waals surface area contributed by atoms with E-state index in [2.05, 4.69) is 0 Å². The van der Waals surface area contributed by atoms with Crippen molar-refractivity contribution in [1.29, 1.82) is 0 Å². The Bertz CT molecular complexity index is 551. The van der Waals surface area contributed by atoms with E-state index in [0.717, 1.165) is 12.1 Å². The van der Waals surface area contributed by atoms with Crippen molar-refractivity contribution in [3.8, 4) is 0 Å². The lowest BCUT2D eigenvalue weighted by atomic mass is 9.89. The molecular weight excluding hydrogens is 207 g/mol. The van der Waals surface area contributed by atoms with E-state index in [1.54, 1.807) is 0 Å². The van der Waals surface area contributed by atoms with E-state index in [1.807, 2.05) is 0 Å². The summed E-state index contributed by atoms with van der Waals surface area (Å²) in [6.45, 7) is 0. The summed E-state index contributed by atoms with van der Waals surface area (Å²) in [7, 11) is 5.39. The summed E-state index contributed by atoms with van der Waals surface area (Å²) in [5.41, 5.74) is -0.01000. The van der Waals surface area contributed by atoms with Gasteiger partial charge >= 0.3 is 0 Å². The maximum absolute atomic E-state index is 13.2. The first-order valence-corrected chi connectivity index (χ1v) is 4.03. The van der Waals surface area contributed by atoms with Crippen LogP contribution in [0.25, 0.3) is 10.8 Å². The van der Waals surface area contributed by atoms with Gasteiger partial charge in [0, 0.05) is 0 Å². The highest BCUT2D eigenvalue weighted by atomic mass is 19.2. The molecule has 0 spiro atoms. The minimum Gasteiger partial charge on any atom is -0.206 e. The maximum Gasteiger partial charge on any atom is 0.195 e. The van der Waals surface area contributed by atoms with Gasteiger partial charge in [0.15, 0.2) is 17.5 Å². The zero-order valence-electron chi connectivity index (χ0n) is 7.32. The molecule has 0 nitrogen and oxygen atoms in total. The highest BCUT2D eigenvalue weighted by Crippen LogP contribution is 2.23. The summed E-state index contributed by atoms with van der Waals surface area (Å²) in [4.78, 5) is 0. The molecule has 2 rings (SSSR count). The van der Waals surface area contributed by atoms with E-state index >= 15 is 0 Å². The first-order chi connectivity index (χ1) is 7.02. The van der Waals surface area contributed by atoms with E-state index in [0.29, 0.717) is 6.07 Å². The van der Waals surface area contributed by atoms with Crippen LogP contribution in [0.2, 0.25) is 0 Å². The molecule has 2 aromatic rings. The monoisotopic (exact) mass is 210 g/mol.